The predicted molar refractivity (Wildman–Crippen MR) is 94.1 cm³/mol. The fraction of sp³-hybridized carbons (Fsp3) is 0.667. The van der Waals surface area contributed by atoms with Crippen LogP contribution in [0.3, 0.4) is 0 Å². The van der Waals surface area contributed by atoms with E-state index in [0.717, 1.165) is 12.5 Å². The number of hydrogen-bond acceptors (Lipinski definition) is 3. The van der Waals surface area contributed by atoms with Gasteiger partial charge in [0.1, 0.15) is 0 Å². The van der Waals surface area contributed by atoms with Crippen LogP contribution in [0.25, 0.3) is 0 Å². The van der Waals surface area contributed by atoms with Gasteiger partial charge < -0.3 is 5.32 Å². The zero-order valence-corrected chi connectivity index (χ0v) is 14.5. The average Bonchev–Trinajstić information content (AvgIpc) is 2.48. The summed E-state index contributed by atoms with van der Waals surface area (Å²) >= 11 is 1.98. The lowest BCUT2D eigenvalue weighted by Crippen LogP contribution is -2.56. The molecule has 0 aliphatic carbocycles. The fourth-order valence-corrected chi connectivity index (χ4v) is 4.04. The molecule has 0 bridgehead atoms. The van der Waals surface area contributed by atoms with Gasteiger partial charge in [-0.05, 0) is 30.9 Å². The van der Waals surface area contributed by atoms with Crippen LogP contribution >= 0.6 is 11.8 Å². The van der Waals surface area contributed by atoms with Crippen LogP contribution in [0.5, 0.6) is 0 Å². The molecular weight excluding hydrogens is 276 g/mol. The van der Waals surface area contributed by atoms with Gasteiger partial charge in [-0.25, -0.2) is 0 Å². The molecule has 0 spiro atoms. The molecule has 1 N–H and O–H groups in total. The molecule has 2 atom stereocenters. The van der Waals surface area contributed by atoms with E-state index < -0.39 is 0 Å². The van der Waals surface area contributed by atoms with E-state index in [9.17, 15) is 0 Å². The molecule has 1 saturated heterocycles. The van der Waals surface area contributed by atoms with Crippen molar-refractivity contribution in [2.75, 3.05) is 25.4 Å². The minimum Gasteiger partial charge on any atom is -0.311 e. The van der Waals surface area contributed by atoms with E-state index in [1.807, 2.05) is 11.8 Å². The molecule has 1 aliphatic heterocycles. The molecule has 2 rings (SSSR count). The van der Waals surface area contributed by atoms with Crippen LogP contribution in [-0.4, -0.2) is 42.4 Å². The molecule has 21 heavy (non-hydrogen) atoms. The Morgan fingerprint density at radius 2 is 2.05 bits per heavy atom. The number of hydrogen-bond donors (Lipinski definition) is 1. The highest BCUT2D eigenvalue weighted by Crippen LogP contribution is 2.20. The maximum atomic E-state index is 3.74. The summed E-state index contributed by atoms with van der Waals surface area (Å²) < 4.78 is 0. The van der Waals surface area contributed by atoms with Gasteiger partial charge in [0, 0.05) is 42.4 Å². The quantitative estimate of drug-likeness (QED) is 0.770. The Labute approximate surface area is 134 Å². The van der Waals surface area contributed by atoms with Crippen molar-refractivity contribution in [2.24, 2.45) is 5.92 Å². The molecule has 1 heterocycles. The van der Waals surface area contributed by atoms with Crippen molar-refractivity contribution >= 4 is 11.8 Å². The summed E-state index contributed by atoms with van der Waals surface area (Å²) in [7, 11) is 0. The molecule has 1 aliphatic rings. The van der Waals surface area contributed by atoms with Crippen LogP contribution in [0, 0.1) is 5.92 Å². The van der Waals surface area contributed by atoms with Gasteiger partial charge in [0.15, 0.2) is 0 Å². The monoisotopic (exact) mass is 306 g/mol. The standard InChI is InChI=1S/C18H30N2S/c1-4-17-13-19-16(12-15(2)3)14-20(17)10-11-21-18-8-6-5-7-9-18/h5-9,15-17,19H,4,10-14H2,1-3H3. The zero-order chi connectivity index (χ0) is 15.1. The minimum absolute atomic E-state index is 0.675. The molecule has 1 aromatic carbocycles. The Morgan fingerprint density at radius 3 is 2.71 bits per heavy atom. The lowest BCUT2D eigenvalue weighted by Gasteiger charge is -2.40. The Hall–Kier alpha value is -0.510. The number of nitrogens with zero attached hydrogens (tertiary/aromatic N) is 1. The van der Waals surface area contributed by atoms with Gasteiger partial charge in [0.2, 0.25) is 0 Å². The summed E-state index contributed by atoms with van der Waals surface area (Å²) in [5.41, 5.74) is 0. The van der Waals surface area contributed by atoms with Crippen molar-refractivity contribution < 1.29 is 0 Å². The van der Waals surface area contributed by atoms with Gasteiger partial charge in [0.25, 0.3) is 0 Å². The first-order valence-electron chi connectivity index (χ1n) is 8.34. The van der Waals surface area contributed by atoms with Crippen LogP contribution in [0.2, 0.25) is 0 Å². The Morgan fingerprint density at radius 1 is 1.29 bits per heavy atom. The van der Waals surface area contributed by atoms with E-state index >= 15 is 0 Å². The highest BCUT2D eigenvalue weighted by molar-refractivity contribution is 7.99. The van der Waals surface area contributed by atoms with Crippen LogP contribution < -0.4 is 5.32 Å². The number of nitrogens with one attached hydrogen (secondary N) is 1. The maximum Gasteiger partial charge on any atom is 0.0219 e. The summed E-state index contributed by atoms with van der Waals surface area (Å²) in [6.45, 7) is 10.5. The Balaban J connectivity index is 1.80. The Kier molecular flexibility index (Phi) is 7.08. The maximum absolute atomic E-state index is 3.74. The topological polar surface area (TPSA) is 15.3 Å². The highest BCUT2D eigenvalue weighted by atomic mass is 32.2. The summed E-state index contributed by atoms with van der Waals surface area (Å²) in [4.78, 5) is 4.10. The van der Waals surface area contributed by atoms with E-state index in [1.54, 1.807) is 0 Å². The molecule has 0 radical (unpaired) electrons. The third-order valence-electron chi connectivity index (χ3n) is 4.23. The fourth-order valence-electron chi connectivity index (χ4n) is 3.13. The first-order valence-corrected chi connectivity index (χ1v) is 9.33. The summed E-state index contributed by atoms with van der Waals surface area (Å²) in [5, 5.41) is 3.74. The second-order valence-corrected chi connectivity index (χ2v) is 7.62. The second kappa shape index (κ2) is 8.82. The molecule has 0 aromatic heterocycles. The van der Waals surface area contributed by atoms with Gasteiger partial charge >= 0.3 is 0 Å². The molecule has 0 amide bonds. The zero-order valence-electron chi connectivity index (χ0n) is 13.7. The summed E-state index contributed by atoms with van der Waals surface area (Å²) in [6, 6.07) is 12.1. The molecule has 2 unspecified atom stereocenters. The van der Waals surface area contributed by atoms with Crippen LogP contribution in [0.15, 0.2) is 35.2 Å². The molecule has 2 nitrogen and oxygen atoms in total. The third kappa shape index (κ3) is 5.65. The van der Waals surface area contributed by atoms with Gasteiger partial charge in [-0.1, -0.05) is 39.0 Å². The minimum atomic E-state index is 0.675. The average molecular weight is 307 g/mol. The third-order valence-corrected chi connectivity index (χ3v) is 5.22. The van der Waals surface area contributed by atoms with Gasteiger partial charge in [-0.3, -0.25) is 4.90 Å². The molecule has 3 heteroatoms. The number of benzene rings is 1. The van der Waals surface area contributed by atoms with Crippen LogP contribution in [0.1, 0.15) is 33.6 Å². The molecular formula is C18H30N2S. The van der Waals surface area contributed by atoms with Crippen LogP contribution in [-0.2, 0) is 0 Å². The SMILES string of the molecule is CCC1CNC(CC(C)C)CN1CCSc1ccccc1. The summed E-state index contributed by atoms with van der Waals surface area (Å²) in [6.07, 6.45) is 2.54. The second-order valence-electron chi connectivity index (χ2n) is 6.45. The Bertz CT molecular complexity index is 393. The molecule has 1 fully saturated rings. The van der Waals surface area contributed by atoms with E-state index in [1.165, 1.54) is 36.6 Å². The predicted octanol–water partition coefficient (Wildman–Crippen LogP) is 3.88. The van der Waals surface area contributed by atoms with Crippen molar-refractivity contribution in [2.45, 2.75) is 50.6 Å². The van der Waals surface area contributed by atoms with Crippen LogP contribution in [0.4, 0.5) is 0 Å². The van der Waals surface area contributed by atoms with E-state index in [4.69, 9.17) is 0 Å². The molecule has 118 valence electrons. The lowest BCUT2D eigenvalue weighted by molar-refractivity contribution is 0.126. The van der Waals surface area contributed by atoms with Crippen molar-refractivity contribution in [3.63, 3.8) is 0 Å². The van der Waals surface area contributed by atoms with E-state index in [-0.39, 0.29) is 0 Å². The molecule has 1 aromatic rings. The number of thioether (sulfide) groups is 1. The first kappa shape index (κ1) is 16.9. The summed E-state index contributed by atoms with van der Waals surface area (Å²) in [5.74, 6) is 1.97. The van der Waals surface area contributed by atoms with Gasteiger partial charge in [0.05, 0.1) is 0 Å². The van der Waals surface area contributed by atoms with Gasteiger partial charge in [-0.15, -0.1) is 11.8 Å². The number of rotatable bonds is 7. The number of piperazine rings is 1. The first-order chi connectivity index (χ1) is 10.2. The van der Waals surface area contributed by atoms with E-state index in [2.05, 4.69) is 61.3 Å². The normalized spacial score (nSPS) is 23.6. The molecule has 0 saturated carbocycles. The van der Waals surface area contributed by atoms with Crippen molar-refractivity contribution in [3.05, 3.63) is 30.3 Å². The van der Waals surface area contributed by atoms with E-state index in [0.29, 0.717) is 12.1 Å². The highest BCUT2D eigenvalue weighted by Gasteiger charge is 2.26. The largest absolute Gasteiger partial charge is 0.311 e. The van der Waals surface area contributed by atoms with Crippen molar-refractivity contribution in [3.8, 4) is 0 Å². The lowest BCUT2D eigenvalue weighted by atomic mass is 9.99. The van der Waals surface area contributed by atoms with Crippen molar-refractivity contribution in [1.82, 2.24) is 10.2 Å². The van der Waals surface area contributed by atoms with Crippen molar-refractivity contribution in [1.29, 1.82) is 0 Å². The smallest absolute Gasteiger partial charge is 0.0219 e. The van der Waals surface area contributed by atoms with Gasteiger partial charge in [-0.2, -0.15) is 0 Å².